The molecule has 0 spiro atoms. The average Bonchev–Trinajstić information content (AvgIpc) is 2.43. The van der Waals surface area contributed by atoms with Gasteiger partial charge in [0.25, 0.3) is 0 Å². The van der Waals surface area contributed by atoms with E-state index in [1.807, 2.05) is 0 Å². The highest BCUT2D eigenvalue weighted by Gasteiger charge is 2.12. The number of nitrogens with zero attached hydrogens (tertiary/aromatic N) is 1. The molecule has 0 radical (unpaired) electrons. The zero-order valence-electron chi connectivity index (χ0n) is 11.8. The maximum atomic E-state index is 3.66. The average molecular weight is 246 g/mol. The van der Waals surface area contributed by atoms with Crippen LogP contribution in [0.25, 0.3) is 0 Å². The van der Waals surface area contributed by atoms with Gasteiger partial charge in [-0.3, -0.25) is 0 Å². The first kappa shape index (κ1) is 13.3. The molecule has 2 heteroatoms. The van der Waals surface area contributed by atoms with Crippen molar-refractivity contribution in [3.63, 3.8) is 0 Å². The van der Waals surface area contributed by atoms with Crippen molar-refractivity contribution in [2.45, 2.75) is 52.0 Å². The first-order valence-electron chi connectivity index (χ1n) is 7.45. The van der Waals surface area contributed by atoms with Crippen LogP contribution in [0.5, 0.6) is 0 Å². The second-order valence-corrected chi connectivity index (χ2v) is 5.20. The Balaban J connectivity index is 1.94. The van der Waals surface area contributed by atoms with Gasteiger partial charge in [-0.05, 0) is 51.0 Å². The largest absolute Gasteiger partial charge is 0.382 e. The summed E-state index contributed by atoms with van der Waals surface area (Å²) in [6, 6.07) is 9.61. The molecule has 0 bridgehead atoms. The van der Waals surface area contributed by atoms with Crippen LogP contribution in [0.4, 0.5) is 11.4 Å². The molecule has 100 valence electrons. The highest BCUT2D eigenvalue weighted by atomic mass is 15.1. The molecule has 1 aromatic rings. The number of benzene rings is 1. The maximum absolute atomic E-state index is 3.66. The van der Waals surface area contributed by atoms with Crippen molar-refractivity contribution in [1.82, 2.24) is 0 Å². The van der Waals surface area contributed by atoms with Gasteiger partial charge in [-0.25, -0.2) is 0 Å². The van der Waals surface area contributed by atoms with Gasteiger partial charge in [-0.2, -0.15) is 0 Å². The number of hydrogen-bond acceptors (Lipinski definition) is 2. The minimum absolute atomic E-state index is 0.693. The van der Waals surface area contributed by atoms with Gasteiger partial charge in [0, 0.05) is 30.5 Å². The molecule has 2 rings (SSSR count). The molecule has 0 heterocycles. The molecule has 1 aliphatic rings. The summed E-state index contributed by atoms with van der Waals surface area (Å²) >= 11 is 0. The first-order valence-corrected chi connectivity index (χ1v) is 7.45. The highest BCUT2D eigenvalue weighted by Crippen LogP contribution is 2.23. The normalized spacial score (nSPS) is 16.6. The van der Waals surface area contributed by atoms with Crippen molar-refractivity contribution in [2.24, 2.45) is 0 Å². The van der Waals surface area contributed by atoms with Gasteiger partial charge in [0.05, 0.1) is 0 Å². The standard InChI is InChI=1S/C16H26N2/c1-3-18(4-2)16-12-10-15(11-13-16)17-14-8-6-5-7-9-14/h10-14,17H,3-9H2,1-2H3. The molecule has 0 amide bonds. The molecule has 0 saturated heterocycles. The van der Waals surface area contributed by atoms with E-state index in [1.165, 1.54) is 43.5 Å². The quantitative estimate of drug-likeness (QED) is 0.834. The second-order valence-electron chi connectivity index (χ2n) is 5.20. The third-order valence-corrected chi connectivity index (χ3v) is 3.97. The molecule has 1 aromatic carbocycles. The van der Waals surface area contributed by atoms with E-state index in [0.29, 0.717) is 6.04 Å². The van der Waals surface area contributed by atoms with Gasteiger partial charge in [-0.15, -0.1) is 0 Å². The molecule has 1 fully saturated rings. The Morgan fingerprint density at radius 2 is 1.61 bits per heavy atom. The fourth-order valence-corrected chi connectivity index (χ4v) is 2.84. The fourth-order valence-electron chi connectivity index (χ4n) is 2.84. The highest BCUT2D eigenvalue weighted by molar-refractivity contribution is 5.55. The minimum Gasteiger partial charge on any atom is -0.382 e. The lowest BCUT2D eigenvalue weighted by Gasteiger charge is -2.25. The Kier molecular flexibility index (Phi) is 4.91. The molecule has 0 unspecified atom stereocenters. The fraction of sp³-hybridized carbons (Fsp3) is 0.625. The van der Waals surface area contributed by atoms with Crippen LogP contribution in [0.3, 0.4) is 0 Å². The van der Waals surface area contributed by atoms with Crippen molar-refractivity contribution in [3.05, 3.63) is 24.3 Å². The molecule has 0 aliphatic heterocycles. The third-order valence-electron chi connectivity index (χ3n) is 3.97. The lowest BCUT2D eigenvalue weighted by atomic mass is 9.95. The van der Waals surface area contributed by atoms with Gasteiger partial charge < -0.3 is 10.2 Å². The van der Waals surface area contributed by atoms with Gasteiger partial charge in [0.15, 0.2) is 0 Å². The predicted octanol–water partition coefficient (Wildman–Crippen LogP) is 4.28. The summed E-state index contributed by atoms with van der Waals surface area (Å²) < 4.78 is 0. The zero-order valence-corrected chi connectivity index (χ0v) is 11.8. The second kappa shape index (κ2) is 6.67. The molecule has 0 aromatic heterocycles. The van der Waals surface area contributed by atoms with Crippen LogP contribution < -0.4 is 10.2 Å². The van der Waals surface area contributed by atoms with Crippen molar-refractivity contribution in [1.29, 1.82) is 0 Å². The van der Waals surface area contributed by atoms with Crippen LogP contribution >= 0.6 is 0 Å². The predicted molar refractivity (Wildman–Crippen MR) is 80.5 cm³/mol. The van der Waals surface area contributed by atoms with Crippen molar-refractivity contribution in [3.8, 4) is 0 Å². The van der Waals surface area contributed by atoms with Gasteiger partial charge in [0.2, 0.25) is 0 Å². The van der Waals surface area contributed by atoms with Gasteiger partial charge >= 0.3 is 0 Å². The molecule has 2 nitrogen and oxygen atoms in total. The summed E-state index contributed by atoms with van der Waals surface area (Å²) in [6.45, 7) is 6.56. The van der Waals surface area contributed by atoms with Crippen LogP contribution in [0.15, 0.2) is 24.3 Å². The van der Waals surface area contributed by atoms with Gasteiger partial charge in [0.1, 0.15) is 0 Å². The number of hydrogen-bond donors (Lipinski definition) is 1. The lowest BCUT2D eigenvalue weighted by molar-refractivity contribution is 0.463. The monoisotopic (exact) mass is 246 g/mol. The van der Waals surface area contributed by atoms with Crippen LogP contribution in [0, 0.1) is 0 Å². The van der Waals surface area contributed by atoms with E-state index in [0.717, 1.165) is 13.1 Å². The molecular formula is C16H26N2. The maximum Gasteiger partial charge on any atom is 0.0367 e. The zero-order chi connectivity index (χ0) is 12.8. The van der Waals surface area contributed by atoms with E-state index in [4.69, 9.17) is 0 Å². The number of anilines is 2. The SMILES string of the molecule is CCN(CC)c1ccc(NC2CCCCC2)cc1. The van der Waals surface area contributed by atoms with Crippen LogP contribution in [-0.2, 0) is 0 Å². The smallest absolute Gasteiger partial charge is 0.0367 e. The first-order chi connectivity index (χ1) is 8.83. The summed E-state index contributed by atoms with van der Waals surface area (Å²) in [4.78, 5) is 2.38. The Hall–Kier alpha value is -1.18. The van der Waals surface area contributed by atoms with Crippen LogP contribution in [0.2, 0.25) is 0 Å². The van der Waals surface area contributed by atoms with Crippen molar-refractivity contribution >= 4 is 11.4 Å². The van der Waals surface area contributed by atoms with Crippen LogP contribution in [0.1, 0.15) is 46.0 Å². The molecular weight excluding hydrogens is 220 g/mol. The molecule has 18 heavy (non-hydrogen) atoms. The minimum atomic E-state index is 0.693. The van der Waals surface area contributed by atoms with Crippen LogP contribution in [-0.4, -0.2) is 19.1 Å². The number of nitrogens with one attached hydrogen (secondary N) is 1. The summed E-state index contributed by atoms with van der Waals surface area (Å²) in [6.07, 6.45) is 6.85. The molecule has 0 atom stereocenters. The van der Waals surface area contributed by atoms with E-state index in [1.54, 1.807) is 0 Å². The van der Waals surface area contributed by atoms with E-state index in [2.05, 4.69) is 48.3 Å². The summed E-state index contributed by atoms with van der Waals surface area (Å²) in [5.74, 6) is 0. The Morgan fingerprint density at radius 3 is 2.17 bits per heavy atom. The molecule has 1 aliphatic carbocycles. The van der Waals surface area contributed by atoms with Crippen molar-refractivity contribution < 1.29 is 0 Å². The van der Waals surface area contributed by atoms with Crippen molar-refractivity contribution in [2.75, 3.05) is 23.3 Å². The van der Waals surface area contributed by atoms with E-state index >= 15 is 0 Å². The van der Waals surface area contributed by atoms with E-state index < -0.39 is 0 Å². The Morgan fingerprint density at radius 1 is 1.00 bits per heavy atom. The van der Waals surface area contributed by atoms with E-state index in [-0.39, 0.29) is 0 Å². The Labute approximate surface area is 111 Å². The summed E-state index contributed by atoms with van der Waals surface area (Å²) in [5.41, 5.74) is 2.60. The lowest BCUT2D eigenvalue weighted by Crippen LogP contribution is -2.23. The Bertz CT molecular complexity index is 335. The molecule has 1 saturated carbocycles. The number of rotatable bonds is 5. The summed E-state index contributed by atoms with van der Waals surface area (Å²) in [7, 11) is 0. The third kappa shape index (κ3) is 3.41. The van der Waals surface area contributed by atoms with E-state index in [9.17, 15) is 0 Å². The molecule has 1 N–H and O–H groups in total. The summed E-state index contributed by atoms with van der Waals surface area (Å²) in [5, 5.41) is 3.66. The topological polar surface area (TPSA) is 15.3 Å². The van der Waals surface area contributed by atoms with Gasteiger partial charge in [-0.1, -0.05) is 19.3 Å².